The van der Waals surface area contributed by atoms with Crippen molar-refractivity contribution in [2.75, 3.05) is 7.11 Å². The van der Waals surface area contributed by atoms with Crippen molar-refractivity contribution in [3.8, 4) is 5.75 Å². The first-order valence-electron chi connectivity index (χ1n) is 7.35. The van der Waals surface area contributed by atoms with Crippen molar-refractivity contribution in [3.63, 3.8) is 0 Å². The van der Waals surface area contributed by atoms with Crippen LogP contribution in [0, 0.1) is 11.6 Å². The van der Waals surface area contributed by atoms with Crippen LogP contribution in [0.5, 0.6) is 5.75 Å². The lowest BCUT2D eigenvalue weighted by atomic mass is 10.1. The van der Waals surface area contributed by atoms with Crippen LogP contribution in [0.2, 0.25) is 0 Å². The van der Waals surface area contributed by atoms with Crippen molar-refractivity contribution in [1.29, 1.82) is 0 Å². The van der Waals surface area contributed by atoms with E-state index in [0.717, 1.165) is 10.9 Å². The zero-order valence-electron chi connectivity index (χ0n) is 13.3. The Balaban J connectivity index is 1.77. The van der Waals surface area contributed by atoms with Gasteiger partial charge in [-0.15, -0.1) is 0 Å². The molecule has 0 unspecified atom stereocenters. The van der Waals surface area contributed by atoms with Crippen molar-refractivity contribution in [1.82, 2.24) is 9.88 Å². The van der Waals surface area contributed by atoms with Crippen molar-refractivity contribution in [2.45, 2.75) is 6.54 Å². The van der Waals surface area contributed by atoms with Crippen molar-refractivity contribution < 1.29 is 18.3 Å². The van der Waals surface area contributed by atoms with Crippen LogP contribution in [0.4, 0.5) is 8.78 Å². The highest BCUT2D eigenvalue weighted by atomic mass is 19.2. The van der Waals surface area contributed by atoms with Gasteiger partial charge < -0.3 is 14.6 Å². The number of rotatable bonds is 4. The summed E-state index contributed by atoms with van der Waals surface area (Å²) in [6, 6.07) is 9.97. The lowest BCUT2D eigenvalue weighted by Gasteiger charge is -2.09. The van der Waals surface area contributed by atoms with Crippen LogP contribution in [0.25, 0.3) is 10.9 Å². The molecule has 1 N–H and O–H groups in total. The highest BCUT2D eigenvalue weighted by molar-refractivity contribution is 5.98. The van der Waals surface area contributed by atoms with Gasteiger partial charge in [0.15, 0.2) is 11.6 Å². The number of hydrogen-bond donors (Lipinski definition) is 1. The molecule has 0 saturated carbocycles. The number of nitrogens with zero attached hydrogens (tertiary/aromatic N) is 1. The van der Waals surface area contributed by atoms with Crippen molar-refractivity contribution in [3.05, 3.63) is 65.4 Å². The summed E-state index contributed by atoms with van der Waals surface area (Å²) in [5.74, 6) is -2.60. The molecule has 0 fully saturated rings. The summed E-state index contributed by atoms with van der Waals surface area (Å²) in [6.45, 7) is -0.114. The van der Waals surface area contributed by atoms with Crippen LogP contribution < -0.4 is 10.1 Å². The van der Waals surface area contributed by atoms with Crippen LogP contribution in [-0.4, -0.2) is 17.6 Å². The molecule has 124 valence electrons. The number of ether oxygens (including phenoxy) is 1. The topological polar surface area (TPSA) is 43.3 Å². The van der Waals surface area contributed by atoms with E-state index in [1.807, 2.05) is 29.9 Å². The van der Waals surface area contributed by atoms with Gasteiger partial charge in [-0.2, -0.15) is 4.39 Å². The second-order valence-electron chi connectivity index (χ2n) is 5.44. The Hall–Kier alpha value is -2.89. The summed E-state index contributed by atoms with van der Waals surface area (Å²) >= 11 is 0. The number of aromatic nitrogens is 1. The Morgan fingerprint density at radius 2 is 1.96 bits per heavy atom. The van der Waals surface area contributed by atoms with E-state index in [4.69, 9.17) is 4.74 Å². The van der Waals surface area contributed by atoms with Crippen LogP contribution >= 0.6 is 0 Å². The van der Waals surface area contributed by atoms with Gasteiger partial charge in [-0.3, -0.25) is 4.79 Å². The standard InChI is InChI=1S/C18H16F2N2O2/c1-22-8-7-11-3-4-12(9-14(11)22)18(23)21-10-13-5-6-15(24-2)17(20)16(13)19/h3-9H,10H2,1-2H3,(H,21,23). The Kier molecular flexibility index (Phi) is 4.20. The van der Waals surface area contributed by atoms with Gasteiger partial charge in [0.1, 0.15) is 0 Å². The number of carbonyl (C=O) groups excluding carboxylic acids is 1. The molecule has 0 radical (unpaired) electrons. The predicted octanol–water partition coefficient (Wildman–Crippen LogP) is 3.40. The summed E-state index contributed by atoms with van der Waals surface area (Å²) in [5, 5.41) is 3.63. The average Bonchev–Trinajstić information content (AvgIpc) is 2.96. The van der Waals surface area contributed by atoms with Crippen LogP contribution in [-0.2, 0) is 13.6 Å². The molecule has 0 spiro atoms. The van der Waals surface area contributed by atoms with E-state index < -0.39 is 11.6 Å². The molecule has 0 aliphatic rings. The van der Waals surface area contributed by atoms with Crippen molar-refractivity contribution in [2.24, 2.45) is 7.05 Å². The third kappa shape index (κ3) is 2.82. The highest BCUT2D eigenvalue weighted by Gasteiger charge is 2.15. The molecule has 0 bridgehead atoms. The Bertz CT molecular complexity index is 919. The average molecular weight is 330 g/mol. The third-order valence-corrected chi connectivity index (χ3v) is 3.94. The molecule has 3 rings (SSSR count). The molecule has 2 aromatic carbocycles. The van der Waals surface area contributed by atoms with E-state index in [-0.39, 0.29) is 23.8 Å². The molecule has 24 heavy (non-hydrogen) atoms. The zero-order chi connectivity index (χ0) is 17.3. The molecule has 0 saturated heterocycles. The number of benzene rings is 2. The van der Waals surface area contributed by atoms with E-state index in [0.29, 0.717) is 5.56 Å². The van der Waals surface area contributed by atoms with Gasteiger partial charge in [-0.05, 0) is 29.7 Å². The maximum absolute atomic E-state index is 13.9. The number of carbonyl (C=O) groups is 1. The zero-order valence-corrected chi connectivity index (χ0v) is 13.3. The summed E-state index contributed by atoms with van der Waals surface area (Å²) in [4.78, 5) is 12.3. The highest BCUT2D eigenvalue weighted by Crippen LogP contribution is 2.22. The van der Waals surface area contributed by atoms with E-state index in [2.05, 4.69) is 5.32 Å². The first-order chi connectivity index (χ1) is 11.5. The van der Waals surface area contributed by atoms with Gasteiger partial charge in [0.05, 0.1) is 7.11 Å². The number of halogens is 2. The van der Waals surface area contributed by atoms with Crippen LogP contribution in [0.1, 0.15) is 15.9 Å². The van der Waals surface area contributed by atoms with Gasteiger partial charge in [0.2, 0.25) is 5.82 Å². The molecule has 0 aliphatic carbocycles. The summed E-state index contributed by atoms with van der Waals surface area (Å²) in [6.07, 6.45) is 1.90. The molecule has 6 heteroatoms. The normalized spacial score (nSPS) is 10.8. The fraction of sp³-hybridized carbons (Fsp3) is 0.167. The lowest BCUT2D eigenvalue weighted by Crippen LogP contribution is -2.23. The minimum atomic E-state index is -1.06. The van der Waals surface area contributed by atoms with Gasteiger partial charge >= 0.3 is 0 Å². The van der Waals surface area contributed by atoms with Gasteiger partial charge in [0, 0.05) is 36.4 Å². The largest absolute Gasteiger partial charge is 0.494 e. The lowest BCUT2D eigenvalue weighted by molar-refractivity contribution is 0.0950. The number of nitrogens with one attached hydrogen (secondary N) is 1. The molecule has 0 aliphatic heterocycles. The predicted molar refractivity (Wildman–Crippen MR) is 87.0 cm³/mol. The van der Waals surface area contributed by atoms with E-state index in [9.17, 15) is 13.6 Å². The molecule has 4 nitrogen and oxygen atoms in total. The van der Waals surface area contributed by atoms with Gasteiger partial charge in [-0.1, -0.05) is 12.1 Å². The second-order valence-corrected chi connectivity index (χ2v) is 5.44. The maximum atomic E-state index is 13.9. The van der Waals surface area contributed by atoms with E-state index in [1.165, 1.54) is 19.2 Å². The molecular formula is C18H16F2N2O2. The molecule has 1 amide bonds. The molecule has 1 aromatic heterocycles. The Morgan fingerprint density at radius 1 is 1.17 bits per heavy atom. The molecule has 3 aromatic rings. The van der Waals surface area contributed by atoms with Crippen LogP contribution in [0.15, 0.2) is 42.6 Å². The Labute approximate surface area is 137 Å². The number of fused-ring (bicyclic) bond motifs is 1. The monoisotopic (exact) mass is 330 g/mol. The van der Waals surface area contributed by atoms with Gasteiger partial charge in [-0.25, -0.2) is 4.39 Å². The maximum Gasteiger partial charge on any atom is 0.251 e. The minimum absolute atomic E-state index is 0.0570. The quantitative estimate of drug-likeness (QED) is 0.797. The summed E-state index contributed by atoms with van der Waals surface area (Å²) < 4.78 is 34.2. The van der Waals surface area contributed by atoms with Gasteiger partial charge in [0.25, 0.3) is 5.91 Å². The van der Waals surface area contributed by atoms with Crippen molar-refractivity contribution >= 4 is 16.8 Å². The fourth-order valence-corrected chi connectivity index (χ4v) is 2.55. The van der Waals surface area contributed by atoms with Crippen LogP contribution in [0.3, 0.4) is 0 Å². The number of amides is 1. The molecular weight excluding hydrogens is 314 g/mol. The molecule has 1 heterocycles. The fourth-order valence-electron chi connectivity index (χ4n) is 2.55. The smallest absolute Gasteiger partial charge is 0.251 e. The first kappa shape index (κ1) is 16.0. The first-order valence-corrected chi connectivity index (χ1v) is 7.35. The third-order valence-electron chi connectivity index (χ3n) is 3.94. The number of aryl methyl sites for hydroxylation is 1. The van der Waals surface area contributed by atoms with E-state index >= 15 is 0 Å². The summed E-state index contributed by atoms with van der Waals surface area (Å²) in [5.41, 5.74) is 1.43. The number of hydrogen-bond acceptors (Lipinski definition) is 2. The molecule has 0 atom stereocenters. The Morgan fingerprint density at radius 3 is 2.71 bits per heavy atom. The second kappa shape index (κ2) is 6.31. The minimum Gasteiger partial charge on any atom is -0.494 e. The van der Waals surface area contributed by atoms with E-state index in [1.54, 1.807) is 12.1 Å². The summed E-state index contributed by atoms with van der Waals surface area (Å²) in [7, 11) is 3.15. The number of methoxy groups -OCH3 is 1. The SMILES string of the molecule is COc1ccc(CNC(=O)c2ccc3ccn(C)c3c2)c(F)c1F.